The van der Waals surface area contributed by atoms with E-state index in [0.717, 1.165) is 6.42 Å². The summed E-state index contributed by atoms with van der Waals surface area (Å²) in [6, 6.07) is -1.52. The molecule has 0 heterocycles. The van der Waals surface area contributed by atoms with E-state index in [4.69, 9.17) is 11.5 Å². The van der Waals surface area contributed by atoms with E-state index < -0.39 is 18.0 Å². The van der Waals surface area contributed by atoms with E-state index in [1.807, 2.05) is 13.8 Å². The second kappa shape index (κ2) is 7.57. The predicted molar refractivity (Wildman–Crippen MR) is 60.9 cm³/mol. The van der Waals surface area contributed by atoms with Crippen molar-refractivity contribution in [3.63, 3.8) is 0 Å². The number of amides is 2. The Kier molecular flexibility index (Phi) is 6.77. The van der Waals surface area contributed by atoms with E-state index in [0.29, 0.717) is 12.5 Å². The van der Waals surface area contributed by atoms with Gasteiger partial charge in [-0.1, -0.05) is 13.8 Å². The maximum atomic E-state index is 11.3. The van der Waals surface area contributed by atoms with Crippen molar-refractivity contribution in [2.75, 3.05) is 6.54 Å². The Balaban J connectivity index is 3.92. The normalized spacial score (nSPS) is 11.6. The number of aliphatic carboxylic acids is 1. The molecule has 0 spiro atoms. The maximum absolute atomic E-state index is 11.3. The van der Waals surface area contributed by atoms with Gasteiger partial charge in [0.25, 0.3) is 0 Å². The zero-order chi connectivity index (χ0) is 12.6. The molecule has 5 heteroatoms. The number of carboxylic acid groups (broad SMARTS) is 1. The number of nitrogens with one attached hydrogen (secondary N) is 2. The van der Waals surface area contributed by atoms with E-state index in [1.165, 1.54) is 0 Å². The first kappa shape index (κ1) is 14.3. The first-order chi connectivity index (χ1) is 7.47. The van der Waals surface area contributed by atoms with Crippen LogP contribution in [0.25, 0.3) is 0 Å². The molecule has 0 aromatic heterocycles. The fourth-order valence-corrected chi connectivity index (χ4v) is 1.00. The number of hydrogen-bond donors (Lipinski definition) is 3. The molecule has 0 fully saturated rings. The molecule has 2 amide bonds. The van der Waals surface area contributed by atoms with Gasteiger partial charge in [0.1, 0.15) is 6.04 Å². The quantitative estimate of drug-likeness (QED) is 0.586. The summed E-state index contributed by atoms with van der Waals surface area (Å²) in [5.41, 5.74) is 0. The van der Waals surface area contributed by atoms with Gasteiger partial charge in [-0.15, -0.1) is 12.3 Å². The van der Waals surface area contributed by atoms with E-state index in [2.05, 4.69) is 16.6 Å². The molecule has 0 radical (unpaired) electrons. The molecule has 0 rings (SSSR count). The van der Waals surface area contributed by atoms with Gasteiger partial charge in [-0.05, 0) is 12.3 Å². The lowest BCUT2D eigenvalue weighted by Gasteiger charge is -2.13. The van der Waals surface area contributed by atoms with Crippen molar-refractivity contribution in [2.24, 2.45) is 5.92 Å². The Morgan fingerprint density at radius 3 is 2.50 bits per heavy atom. The number of carbonyl (C=O) groups is 2. The van der Waals surface area contributed by atoms with Gasteiger partial charge < -0.3 is 15.7 Å². The van der Waals surface area contributed by atoms with Crippen molar-refractivity contribution in [1.82, 2.24) is 10.6 Å². The van der Waals surface area contributed by atoms with Gasteiger partial charge in [0.2, 0.25) is 0 Å². The molecule has 1 unspecified atom stereocenters. The van der Waals surface area contributed by atoms with Gasteiger partial charge in [0, 0.05) is 13.0 Å². The highest BCUT2D eigenvalue weighted by Gasteiger charge is 2.18. The van der Waals surface area contributed by atoms with Crippen molar-refractivity contribution in [3.8, 4) is 12.3 Å². The predicted octanol–water partition coefficient (Wildman–Crippen LogP) is 0.808. The van der Waals surface area contributed by atoms with Crippen molar-refractivity contribution in [3.05, 3.63) is 0 Å². The first-order valence-electron chi connectivity index (χ1n) is 5.18. The average Bonchev–Trinajstić information content (AvgIpc) is 2.16. The van der Waals surface area contributed by atoms with Crippen molar-refractivity contribution in [1.29, 1.82) is 0 Å². The van der Waals surface area contributed by atoms with E-state index >= 15 is 0 Å². The van der Waals surface area contributed by atoms with Crippen LogP contribution in [-0.4, -0.2) is 29.7 Å². The Labute approximate surface area is 95.6 Å². The Morgan fingerprint density at radius 2 is 2.06 bits per heavy atom. The lowest BCUT2D eigenvalue weighted by atomic mass is 10.1. The third kappa shape index (κ3) is 6.71. The molecule has 0 aromatic carbocycles. The molecule has 90 valence electrons. The van der Waals surface area contributed by atoms with Crippen LogP contribution >= 0.6 is 0 Å². The third-order valence-electron chi connectivity index (χ3n) is 1.93. The molecule has 0 bridgehead atoms. The Morgan fingerprint density at radius 1 is 1.44 bits per heavy atom. The van der Waals surface area contributed by atoms with Crippen LogP contribution in [0, 0.1) is 18.3 Å². The highest BCUT2D eigenvalue weighted by Crippen LogP contribution is 1.96. The minimum Gasteiger partial charge on any atom is -0.480 e. The summed E-state index contributed by atoms with van der Waals surface area (Å²) in [4.78, 5) is 21.9. The zero-order valence-electron chi connectivity index (χ0n) is 9.62. The minimum absolute atomic E-state index is 0.0209. The zero-order valence-corrected chi connectivity index (χ0v) is 9.62. The SMILES string of the molecule is C#CCC(NC(=O)NCCC(C)C)C(=O)O. The summed E-state index contributed by atoms with van der Waals surface area (Å²) in [5.74, 6) is 1.56. The fraction of sp³-hybridized carbons (Fsp3) is 0.636. The van der Waals surface area contributed by atoms with Crippen molar-refractivity contribution < 1.29 is 14.7 Å². The maximum Gasteiger partial charge on any atom is 0.327 e. The van der Waals surface area contributed by atoms with Crippen LogP contribution < -0.4 is 10.6 Å². The highest BCUT2D eigenvalue weighted by atomic mass is 16.4. The third-order valence-corrected chi connectivity index (χ3v) is 1.93. The Hall–Kier alpha value is -1.70. The smallest absolute Gasteiger partial charge is 0.327 e. The van der Waals surface area contributed by atoms with Gasteiger partial charge in [0.15, 0.2) is 0 Å². The summed E-state index contributed by atoms with van der Waals surface area (Å²) in [6.07, 6.45) is 5.82. The second-order valence-electron chi connectivity index (χ2n) is 3.88. The average molecular weight is 226 g/mol. The number of rotatable bonds is 6. The van der Waals surface area contributed by atoms with Crippen LogP contribution in [0.1, 0.15) is 26.7 Å². The van der Waals surface area contributed by atoms with Gasteiger partial charge in [0.05, 0.1) is 0 Å². The molecule has 0 saturated heterocycles. The Bertz CT molecular complexity index is 281. The van der Waals surface area contributed by atoms with E-state index in [-0.39, 0.29) is 6.42 Å². The molecule has 0 aliphatic carbocycles. The number of urea groups is 1. The van der Waals surface area contributed by atoms with Gasteiger partial charge in [-0.2, -0.15) is 0 Å². The highest BCUT2D eigenvalue weighted by molar-refractivity contribution is 5.82. The molecular formula is C11H18N2O3. The van der Waals surface area contributed by atoms with Crippen molar-refractivity contribution >= 4 is 12.0 Å². The largest absolute Gasteiger partial charge is 0.480 e. The van der Waals surface area contributed by atoms with Crippen LogP contribution in [0.4, 0.5) is 4.79 Å². The lowest BCUT2D eigenvalue weighted by Crippen LogP contribution is -2.46. The standard InChI is InChI=1S/C11H18N2O3/c1-4-5-9(10(14)15)13-11(16)12-7-6-8(2)3/h1,8-9H,5-7H2,2-3H3,(H,14,15)(H2,12,13,16). The summed E-state index contributed by atoms with van der Waals surface area (Å²) in [7, 11) is 0. The fourth-order valence-electron chi connectivity index (χ4n) is 1.00. The van der Waals surface area contributed by atoms with Crippen LogP contribution in [0.2, 0.25) is 0 Å². The number of hydrogen-bond acceptors (Lipinski definition) is 2. The first-order valence-corrected chi connectivity index (χ1v) is 5.18. The van der Waals surface area contributed by atoms with Crippen molar-refractivity contribution in [2.45, 2.75) is 32.7 Å². The van der Waals surface area contributed by atoms with E-state index in [1.54, 1.807) is 0 Å². The molecule has 5 nitrogen and oxygen atoms in total. The second-order valence-corrected chi connectivity index (χ2v) is 3.88. The van der Waals surface area contributed by atoms with Gasteiger partial charge in [-0.25, -0.2) is 9.59 Å². The summed E-state index contributed by atoms with van der Waals surface area (Å²) >= 11 is 0. The van der Waals surface area contributed by atoms with Crippen LogP contribution in [0.15, 0.2) is 0 Å². The molecule has 0 aliphatic rings. The summed E-state index contributed by atoms with van der Waals surface area (Å²) in [5, 5.41) is 13.6. The molecule has 0 saturated carbocycles. The van der Waals surface area contributed by atoms with Crippen LogP contribution in [0.5, 0.6) is 0 Å². The molecule has 1 atom stereocenters. The summed E-state index contributed by atoms with van der Waals surface area (Å²) in [6.45, 7) is 4.60. The van der Waals surface area contributed by atoms with Gasteiger partial charge in [-0.3, -0.25) is 0 Å². The summed E-state index contributed by atoms with van der Waals surface area (Å²) < 4.78 is 0. The lowest BCUT2D eigenvalue weighted by molar-refractivity contribution is -0.139. The molecule has 16 heavy (non-hydrogen) atoms. The molecule has 0 aliphatic heterocycles. The molecule has 3 N–H and O–H groups in total. The number of carboxylic acids is 1. The van der Waals surface area contributed by atoms with Crippen LogP contribution in [-0.2, 0) is 4.79 Å². The molecular weight excluding hydrogens is 208 g/mol. The monoisotopic (exact) mass is 226 g/mol. The van der Waals surface area contributed by atoms with Gasteiger partial charge >= 0.3 is 12.0 Å². The van der Waals surface area contributed by atoms with Crippen LogP contribution in [0.3, 0.4) is 0 Å². The topological polar surface area (TPSA) is 78.4 Å². The molecule has 0 aromatic rings. The van der Waals surface area contributed by atoms with E-state index in [9.17, 15) is 9.59 Å². The number of carbonyl (C=O) groups excluding carboxylic acids is 1. The number of terminal acetylenes is 1. The minimum atomic E-state index is -1.13.